The summed E-state index contributed by atoms with van der Waals surface area (Å²) in [6, 6.07) is 0. The van der Waals surface area contributed by atoms with Crippen molar-refractivity contribution in [3.63, 3.8) is 0 Å². The summed E-state index contributed by atoms with van der Waals surface area (Å²) in [5.74, 6) is -0.0960. The first kappa shape index (κ1) is 13.6. The quantitative estimate of drug-likeness (QED) is 0.625. The van der Waals surface area contributed by atoms with Crippen LogP contribution in [0.4, 0.5) is 5.82 Å². The van der Waals surface area contributed by atoms with E-state index in [2.05, 4.69) is 4.98 Å². The van der Waals surface area contributed by atoms with Crippen molar-refractivity contribution < 1.29 is 14.9 Å². The summed E-state index contributed by atoms with van der Waals surface area (Å²) < 4.78 is 6.33. The second-order valence-electron chi connectivity index (χ2n) is 3.85. The fourth-order valence-corrected chi connectivity index (χ4v) is 2.21. The highest BCUT2D eigenvalue weighted by Crippen LogP contribution is 2.32. The van der Waals surface area contributed by atoms with Crippen molar-refractivity contribution in [2.45, 2.75) is 23.8 Å². The summed E-state index contributed by atoms with van der Waals surface area (Å²) >= 11 is 11.7. The van der Waals surface area contributed by atoms with Crippen LogP contribution < -0.4 is 11.4 Å². The van der Waals surface area contributed by atoms with Gasteiger partial charge in [-0.3, -0.25) is 4.57 Å². The molecule has 0 unspecified atom stereocenters. The Kier molecular flexibility index (Phi) is 3.79. The average Bonchev–Trinajstić information content (AvgIpc) is 2.61. The Hall–Kier alpha value is -0.860. The number of anilines is 1. The van der Waals surface area contributed by atoms with Crippen LogP contribution >= 0.6 is 23.2 Å². The van der Waals surface area contributed by atoms with E-state index < -0.39 is 36.1 Å². The Labute approximate surface area is 112 Å². The number of ether oxygens (including phenoxy) is 1. The van der Waals surface area contributed by atoms with E-state index in [0.29, 0.717) is 0 Å². The van der Waals surface area contributed by atoms with Crippen molar-refractivity contribution >= 4 is 29.0 Å². The summed E-state index contributed by atoms with van der Waals surface area (Å²) in [7, 11) is 0. The van der Waals surface area contributed by atoms with Gasteiger partial charge in [0.2, 0.25) is 0 Å². The molecule has 1 aromatic heterocycles. The molecule has 0 saturated carbocycles. The molecule has 0 bridgehead atoms. The van der Waals surface area contributed by atoms with E-state index in [0.717, 1.165) is 4.57 Å². The summed E-state index contributed by atoms with van der Waals surface area (Å²) in [5, 5.41) is 17.9. The topological polar surface area (TPSA) is 111 Å². The van der Waals surface area contributed by atoms with Gasteiger partial charge in [-0.2, -0.15) is 4.98 Å². The Morgan fingerprint density at radius 1 is 1.61 bits per heavy atom. The van der Waals surface area contributed by atoms with Gasteiger partial charge in [0.25, 0.3) is 0 Å². The van der Waals surface area contributed by atoms with E-state index in [1.807, 2.05) is 0 Å². The van der Waals surface area contributed by atoms with Crippen molar-refractivity contribution in [3.8, 4) is 0 Å². The summed E-state index contributed by atoms with van der Waals surface area (Å²) in [4.78, 5) is 15.2. The Balaban J connectivity index is 2.39. The molecular formula is C9H11Cl2N3O4. The second-order valence-corrected chi connectivity index (χ2v) is 4.76. The van der Waals surface area contributed by atoms with Crippen molar-refractivity contribution in [1.29, 1.82) is 0 Å². The summed E-state index contributed by atoms with van der Waals surface area (Å²) in [6.07, 6.45) is -1.68. The largest absolute Gasteiger partial charge is 0.394 e. The van der Waals surface area contributed by atoms with Gasteiger partial charge in [-0.1, -0.05) is 11.6 Å². The lowest BCUT2D eigenvalue weighted by molar-refractivity contribution is -0.0457. The fraction of sp³-hybridized carbons (Fsp3) is 0.556. The zero-order chi connectivity index (χ0) is 13.4. The maximum atomic E-state index is 11.7. The Morgan fingerprint density at radius 2 is 2.28 bits per heavy atom. The molecule has 0 amide bonds. The molecule has 0 aliphatic carbocycles. The number of aromatic nitrogens is 2. The lowest BCUT2D eigenvalue weighted by Crippen LogP contribution is -2.33. The molecule has 9 heteroatoms. The molecular weight excluding hydrogens is 285 g/mol. The maximum Gasteiger partial charge on any atom is 0.351 e. The molecule has 0 spiro atoms. The second kappa shape index (κ2) is 5.02. The van der Waals surface area contributed by atoms with Crippen LogP contribution in [0.5, 0.6) is 0 Å². The van der Waals surface area contributed by atoms with Crippen LogP contribution in [0.3, 0.4) is 0 Å². The molecule has 0 radical (unpaired) electrons. The molecule has 1 aliphatic heterocycles. The first-order valence-electron chi connectivity index (χ1n) is 5.08. The number of nitrogens with zero attached hydrogens (tertiary/aromatic N) is 2. The number of alkyl halides is 1. The summed E-state index contributed by atoms with van der Waals surface area (Å²) in [5.41, 5.74) is 4.69. The zero-order valence-corrected chi connectivity index (χ0v) is 10.5. The zero-order valence-electron chi connectivity index (χ0n) is 9.03. The average molecular weight is 296 g/mol. The molecule has 1 aliphatic rings. The number of hydrogen-bond acceptors (Lipinski definition) is 6. The fourth-order valence-electron chi connectivity index (χ4n) is 1.72. The Bertz CT molecular complexity index is 509. The standard InChI is InChI=1S/C9H11Cl2N3O4/c10-3-1-14(9(17)13-7(3)12)8-5(11)6(16)4(2-15)18-8/h1,4-6,8,15-16H,2H2,(H2,12,13,17)/t4-,5-,6-,8-/m1/s1. The normalized spacial score (nSPS) is 31.8. The predicted octanol–water partition coefficient (Wildman–Crippen LogP) is -0.663. The Morgan fingerprint density at radius 3 is 2.83 bits per heavy atom. The number of nitrogen functional groups attached to an aromatic ring is 1. The minimum Gasteiger partial charge on any atom is -0.394 e. The molecule has 1 fully saturated rings. The first-order chi connectivity index (χ1) is 8.45. The molecule has 2 rings (SSSR count). The first-order valence-corrected chi connectivity index (χ1v) is 5.89. The predicted molar refractivity (Wildman–Crippen MR) is 64.6 cm³/mol. The lowest BCUT2D eigenvalue weighted by atomic mass is 10.2. The molecule has 1 aromatic rings. The number of aliphatic hydroxyl groups is 2. The molecule has 100 valence electrons. The molecule has 18 heavy (non-hydrogen) atoms. The van der Waals surface area contributed by atoms with Gasteiger partial charge < -0.3 is 20.7 Å². The number of nitrogens with two attached hydrogens (primary N) is 1. The number of rotatable bonds is 2. The van der Waals surface area contributed by atoms with Crippen molar-refractivity contribution in [2.75, 3.05) is 12.3 Å². The molecule has 4 N–H and O–H groups in total. The molecule has 1 saturated heterocycles. The highest BCUT2D eigenvalue weighted by atomic mass is 35.5. The van der Waals surface area contributed by atoms with Gasteiger partial charge in [0, 0.05) is 6.20 Å². The number of hydrogen-bond donors (Lipinski definition) is 3. The van der Waals surface area contributed by atoms with Crippen LogP contribution in [-0.4, -0.2) is 44.0 Å². The van der Waals surface area contributed by atoms with Crippen LogP contribution in [-0.2, 0) is 4.74 Å². The van der Waals surface area contributed by atoms with E-state index >= 15 is 0 Å². The van der Waals surface area contributed by atoms with Crippen LogP contribution in [0.2, 0.25) is 5.02 Å². The van der Waals surface area contributed by atoms with Gasteiger partial charge >= 0.3 is 5.69 Å². The third kappa shape index (κ3) is 2.19. The minimum atomic E-state index is -1.09. The highest BCUT2D eigenvalue weighted by molar-refractivity contribution is 6.32. The van der Waals surface area contributed by atoms with Gasteiger partial charge in [-0.15, -0.1) is 11.6 Å². The third-order valence-electron chi connectivity index (χ3n) is 2.68. The van der Waals surface area contributed by atoms with Crippen molar-refractivity contribution in [2.24, 2.45) is 0 Å². The van der Waals surface area contributed by atoms with Gasteiger partial charge in [0.15, 0.2) is 6.23 Å². The molecule has 7 nitrogen and oxygen atoms in total. The number of halogens is 2. The smallest absolute Gasteiger partial charge is 0.351 e. The number of aliphatic hydroxyl groups excluding tert-OH is 2. The van der Waals surface area contributed by atoms with Gasteiger partial charge in [0.1, 0.15) is 23.4 Å². The molecule has 2 heterocycles. The molecule has 0 aromatic carbocycles. The van der Waals surface area contributed by atoms with Gasteiger partial charge in [0.05, 0.1) is 11.6 Å². The maximum absolute atomic E-state index is 11.7. The van der Waals surface area contributed by atoms with E-state index in [1.54, 1.807) is 0 Å². The van der Waals surface area contributed by atoms with E-state index in [-0.39, 0.29) is 10.8 Å². The van der Waals surface area contributed by atoms with Crippen LogP contribution in [0.15, 0.2) is 11.0 Å². The van der Waals surface area contributed by atoms with E-state index in [1.165, 1.54) is 6.20 Å². The summed E-state index contributed by atoms with van der Waals surface area (Å²) in [6.45, 7) is -0.411. The van der Waals surface area contributed by atoms with Crippen LogP contribution in [0.25, 0.3) is 0 Å². The third-order valence-corrected chi connectivity index (χ3v) is 3.45. The highest BCUT2D eigenvalue weighted by Gasteiger charge is 2.43. The monoisotopic (exact) mass is 295 g/mol. The van der Waals surface area contributed by atoms with Crippen LogP contribution in [0, 0.1) is 0 Å². The molecule has 4 atom stereocenters. The van der Waals surface area contributed by atoms with Gasteiger partial charge in [-0.05, 0) is 0 Å². The van der Waals surface area contributed by atoms with Crippen molar-refractivity contribution in [3.05, 3.63) is 21.7 Å². The van der Waals surface area contributed by atoms with Gasteiger partial charge in [-0.25, -0.2) is 4.79 Å². The lowest BCUT2D eigenvalue weighted by Gasteiger charge is -2.16. The van der Waals surface area contributed by atoms with E-state index in [4.69, 9.17) is 38.8 Å². The SMILES string of the molecule is Nc1nc(=O)n([C@@H]2O[C@H](CO)[C@@H](O)[C@H]2Cl)cc1Cl. The minimum absolute atomic E-state index is 0.0732. The van der Waals surface area contributed by atoms with E-state index in [9.17, 15) is 9.90 Å². The van der Waals surface area contributed by atoms with Crippen LogP contribution in [0.1, 0.15) is 6.23 Å². The van der Waals surface area contributed by atoms with Crippen molar-refractivity contribution in [1.82, 2.24) is 9.55 Å².